The Kier molecular flexibility index (Phi) is 2.36. The van der Waals surface area contributed by atoms with Gasteiger partial charge in [-0.15, -0.1) is 11.8 Å². The van der Waals surface area contributed by atoms with Crippen molar-refractivity contribution in [1.82, 2.24) is 5.32 Å². The number of hydrogen-bond donors (Lipinski definition) is 1. The van der Waals surface area contributed by atoms with E-state index in [1.165, 1.54) is 5.75 Å². The molecule has 0 saturated carbocycles. The number of thioether (sulfide) groups is 1. The van der Waals surface area contributed by atoms with Gasteiger partial charge in [0.1, 0.15) is 4.87 Å². The van der Waals surface area contributed by atoms with E-state index in [4.69, 9.17) is 9.47 Å². The van der Waals surface area contributed by atoms with E-state index in [-0.39, 0.29) is 4.87 Å². The van der Waals surface area contributed by atoms with Crippen LogP contribution in [-0.2, 0) is 9.47 Å². The van der Waals surface area contributed by atoms with Crippen LogP contribution in [0, 0.1) is 0 Å². The molecule has 2 heterocycles. The molecule has 2 rings (SSSR count). The van der Waals surface area contributed by atoms with E-state index in [0.717, 1.165) is 33.0 Å². The second kappa shape index (κ2) is 3.31. The Morgan fingerprint density at radius 3 is 2.45 bits per heavy atom. The van der Waals surface area contributed by atoms with Crippen LogP contribution < -0.4 is 5.32 Å². The number of hydrogen-bond acceptors (Lipinski definition) is 4. The SMILES string of the molecule is C1CSC2(COCCOC2)N1. The molecular weight excluding hydrogens is 162 g/mol. The molecule has 0 aromatic heterocycles. The summed E-state index contributed by atoms with van der Waals surface area (Å²) in [6, 6.07) is 0. The minimum Gasteiger partial charge on any atom is -0.376 e. The molecule has 2 saturated heterocycles. The predicted octanol–water partition coefficient (Wildman–Crippen LogP) is 0.0659. The van der Waals surface area contributed by atoms with Crippen LogP contribution in [0.3, 0.4) is 0 Å². The van der Waals surface area contributed by atoms with E-state index in [1.807, 2.05) is 11.8 Å². The Labute approximate surface area is 70.8 Å². The molecule has 0 aromatic rings. The van der Waals surface area contributed by atoms with E-state index < -0.39 is 0 Å². The van der Waals surface area contributed by atoms with Crippen LogP contribution in [0.4, 0.5) is 0 Å². The first-order valence-corrected chi connectivity index (χ1v) is 4.94. The molecule has 64 valence electrons. The molecule has 0 aliphatic carbocycles. The molecule has 1 N–H and O–H groups in total. The van der Waals surface area contributed by atoms with E-state index in [2.05, 4.69) is 5.32 Å². The molecule has 3 nitrogen and oxygen atoms in total. The maximum absolute atomic E-state index is 5.42. The van der Waals surface area contributed by atoms with Gasteiger partial charge in [-0.25, -0.2) is 0 Å². The van der Waals surface area contributed by atoms with Gasteiger partial charge in [0.2, 0.25) is 0 Å². The monoisotopic (exact) mass is 175 g/mol. The second-order valence-corrected chi connectivity index (χ2v) is 4.35. The van der Waals surface area contributed by atoms with Gasteiger partial charge in [0.15, 0.2) is 0 Å². The normalized spacial score (nSPS) is 30.5. The number of ether oxygens (including phenoxy) is 2. The molecule has 0 unspecified atom stereocenters. The highest BCUT2D eigenvalue weighted by Gasteiger charge is 2.36. The quantitative estimate of drug-likeness (QED) is 0.564. The predicted molar refractivity (Wildman–Crippen MR) is 44.8 cm³/mol. The molecule has 11 heavy (non-hydrogen) atoms. The lowest BCUT2D eigenvalue weighted by Gasteiger charge is -2.24. The summed E-state index contributed by atoms with van der Waals surface area (Å²) in [5, 5.41) is 3.42. The van der Waals surface area contributed by atoms with Crippen molar-refractivity contribution in [1.29, 1.82) is 0 Å². The maximum atomic E-state index is 5.42. The van der Waals surface area contributed by atoms with E-state index in [0.29, 0.717) is 0 Å². The lowest BCUT2D eigenvalue weighted by Crippen LogP contribution is -2.44. The Bertz CT molecular complexity index is 126. The zero-order valence-electron chi connectivity index (χ0n) is 6.47. The standard InChI is InChI=1S/C7H13NO2S/c1-4-11-7(8-1)5-9-2-3-10-6-7/h8H,1-6H2. The lowest BCUT2D eigenvalue weighted by atomic mass is 10.3. The van der Waals surface area contributed by atoms with Gasteiger partial charge < -0.3 is 9.47 Å². The Morgan fingerprint density at radius 1 is 1.18 bits per heavy atom. The second-order valence-electron chi connectivity index (χ2n) is 2.87. The highest BCUT2D eigenvalue weighted by molar-refractivity contribution is 8.00. The first-order chi connectivity index (χ1) is 5.41. The molecule has 2 fully saturated rings. The molecule has 0 radical (unpaired) electrons. The van der Waals surface area contributed by atoms with Crippen LogP contribution in [-0.4, -0.2) is 43.6 Å². The fourth-order valence-electron chi connectivity index (χ4n) is 1.40. The highest BCUT2D eigenvalue weighted by atomic mass is 32.2. The summed E-state index contributed by atoms with van der Waals surface area (Å²) in [6.45, 7) is 4.14. The number of rotatable bonds is 0. The van der Waals surface area contributed by atoms with Gasteiger partial charge in [-0.2, -0.15) is 0 Å². The van der Waals surface area contributed by atoms with Gasteiger partial charge in [0.05, 0.1) is 26.4 Å². The van der Waals surface area contributed by atoms with E-state index >= 15 is 0 Å². The molecule has 1 spiro atoms. The summed E-state index contributed by atoms with van der Waals surface area (Å²) in [4.78, 5) is 0.0799. The highest BCUT2D eigenvalue weighted by Crippen LogP contribution is 2.28. The molecule has 0 atom stereocenters. The van der Waals surface area contributed by atoms with Gasteiger partial charge in [0, 0.05) is 12.3 Å². The van der Waals surface area contributed by atoms with E-state index in [9.17, 15) is 0 Å². The van der Waals surface area contributed by atoms with Crippen molar-refractivity contribution in [3.63, 3.8) is 0 Å². The van der Waals surface area contributed by atoms with Crippen LogP contribution in [0.1, 0.15) is 0 Å². The van der Waals surface area contributed by atoms with Gasteiger partial charge in [-0.05, 0) is 0 Å². The van der Waals surface area contributed by atoms with Crippen molar-refractivity contribution in [2.75, 3.05) is 38.7 Å². The van der Waals surface area contributed by atoms with Crippen LogP contribution >= 0.6 is 11.8 Å². The average molecular weight is 175 g/mol. The zero-order chi connectivity index (χ0) is 7.57. The zero-order valence-corrected chi connectivity index (χ0v) is 7.28. The summed E-state index contributed by atoms with van der Waals surface area (Å²) < 4.78 is 10.8. The van der Waals surface area contributed by atoms with Crippen LogP contribution in [0.2, 0.25) is 0 Å². The van der Waals surface area contributed by atoms with Crippen LogP contribution in [0.15, 0.2) is 0 Å². The van der Waals surface area contributed by atoms with Gasteiger partial charge >= 0.3 is 0 Å². The van der Waals surface area contributed by atoms with Crippen molar-refractivity contribution in [3.05, 3.63) is 0 Å². The Hall–Kier alpha value is 0.230. The third kappa shape index (κ3) is 1.69. The topological polar surface area (TPSA) is 30.5 Å². The van der Waals surface area contributed by atoms with Crippen molar-refractivity contribution in [2.45, 2.75) is 4.87 Å². The fourth-order valence-corrected chi connectivity index (χ4v) is 2.53. The first kappa shape index (κ1) is 7.86. The van der Waals surface area contributed by atoms with Crippen molar-refractivity contribution >= 4 is 11.8 Å². The van der Waals surface area contributed by atoms with E-state index in [1.54, 1.807) is 0 Å². The third-order valence-electron chi connectivity index (χ3n) is 1.97. The number of nitrogens with one attached hydrogen (secondary N) is 1. The minimum atomic E-state index is 0.0799. The maximum Gasteiger partial charge on any atom is 0.112 e. The summed E-state index contributed by atoms with van der Waals surface area (Å²) in [7, 11) is 0. The minimum absolute atomic E-state index is 0.0799. The molecule has 0 aromatic carbocycles. The molecule has 4 heteroatoms. The van der Waals surface area contributed by atoms with Gasteiger partial charge in [-0.1, -0.05) is 0 Å². The van der Waals surface area contributed by atoms with Crippen molar-refractivity contribution < 1.29 is 9.47 Å². The largest absolute Gasteiger partial charge is 0.376 e. The molecule has 2 aliphatic heterocycles. The molecule has 0 amide bonds. The van der Waals surface area contributed by atoms with Crippen molar-refractivity contribution in [3.8, 4) is 0 Å². The van der Waals surface area contributed by atoms with Gasteiger partial charge in [-0.3, -0.25) is 5.32 Å². The van der Waals surface area contributed by atoms with Crippen LogP contribution in [0.5, 0.6) is 0 Å². The Balaban J connectivity index is 1.97. The molecule has 2 aliphatic rings. The molecule has 0 bridgehead atoms. The Morgan fingerprint density at radius 2 is 1.91 bits per heavy atom. The molecular formula is C7H13NO2S. The summed E-state index contributed by atoms with van der Waals surface area (Å²) >= 11 is 1.92. The average Bonchev–Trinajstić information content (AvgIpc) is 2.32. The summed E-state index contributed by atoms with van der Waals surface area (Å²) in [6.07, 6.45) is 0. The van der Waals surface area contributed by atoms with Crippen molar-refractivity contribution in [2.24, 2.45) is 0 Å². The van der Waals surface area contributed by atoms with Gasteiger partial charge in [0.25, 0.3) is 0 Å². The van der Waals surface area contributed by atoms with Crippen LogP contribution in [0.25, 0.3) is 0 Å². The summed E-state index contributed by atoms with van der Waals surface area (Å²) in [5.74, 6) is 1.17. The summed E-state index contributed by atoms with van der Waals surface area (Å²) in [5.41, 5.74) is 0. The lowest BCUT2D eigenvalue weighted by molar-refractivity contribution is 0.103. The fraction of sp³-hybridized carbons (Fsp3) is 1.00. The first-order valence-electron chi connectivity index (χ1n) is 3.96. The third-order valence-corrected chi connectivity index (χ3v) is 3.31. The smallest absolute Gasteiger partial charge is 0.112 e.